The molecule has 0 radical (unpaired) electrons. The van der Waals surface area contributed by atoms with Gasteiger partial charge in [-0.1, -0.05) is 98.0 Å². The average Bonchev–Trinajstić information content (AvgIpc) is 3.42. The highest BCUT2D eigenvalue weighted by atomic mass is 28.3. The summed E-state index contributed by atoms with van der Waals surface area (Å²) >= 11 is 0. The van der Waals surface area contributed by atoms with Crippen LogP contribution in [-0.4, -0.2) is 18.0 Å². The van der Waals surface area contributed by atoms with Gasteiger partial charge in [0, 0.05) is 22.5 Å². The number of hydrogen-bond donors (Lipinski definition) is 0. The van der Waals surface area contributed by atoms with Crippen molar-refractivity contribution in [3.05, 3.63) is 109 Å². The van der Waals surface area contributed by atoms with Gasteiger partial charge < -0.3 is 0 Å². The van der Waals surface area contributed by atoms with Crippen molar-refractivity contribution in [3.8, 4) is 44.6 Å². The van der Waals surface area contributed by atoms with E-state index in [4.69, 9.17) is 4.98 Å². The first-order valence-corrected chi connectivity index (χ1v) is 16.6. The molecule has 1 aliphatic carbocycles. The predicted octanol–water partition coefficient (Wildman–Crippen LogP) is 8.05. The van der Waals surface area contributed by atoms with E-state index >= 15 is 0 Å². The summed E-state index contributed by atoms with van der Waals surface area (Å²) in [6.45, 7) is 5.03. The van der Waals surface area contributed by atoms with E-state index in [0.717, 1.165) is 27.5 Å². The van der Waals surface area contributed by atoms with E-state index in [1.54, 1.807) is 5.19 Å². The summed E-state index contributed by atoms with van der Waals surface area (Å²) in [6.07, 6.45) is 1.86. The maximum absolute atomic E-state index is 5.16. The van der Waals surface area contributed by atoms with Crippen molar-refractivity contribution in [2.75, 3.05) is 0 Å². The van der Waals surface area contributed by atoms with Crippen LogP contribution in [0.2, 0.25) is 13.1 Å². The normalized spacial score (nSPS) is 14.1. The average molecular weight is 513 g/mol. The molecule has 0 saturated heterocycles. The molecule has 182 valence electrons. The molecule has 0 atom stereocenters. The van der Waals surface area contributed by atoms with Crippen molar-refractivity contribution in [2.45, 2.75) is 13.1 Å². The van der Waals surface area contributed by atoms with Gasteiger partial charge in [0.05, 0.1) is 16.7 Å². The van der Waals surface area contributed by atoms with Crippen molar-refractivity contribution in [1.29, 1.82) is 0 Å². The Balaban J connectivity index is 1.27. The summed E-state index contributed by atoms with van der Waals surface area (Å²) in [5, 5.41) is 8.19. The second kappa shape index (κ2) is 7.28. The third-order valence-corrected chi connectivity index (χ3v) is 12.6. The van der Waals surface area contributed by atoms with Crippen LogP contribution in [-0.2, 0) is 0 Å². The van der Waals surface area contributed by atoms with E-state index in [1.807, 2.05) is 12.3 Å². The first-order chi connectivity index (χ1) is 19.1. The molecule has 7 aromatic rings. The lowest BCUT2D eigenvalue weighted by atomic mass is 9.95. The van der Waals surface area contributed by atoms with Gasteiger partial charge in [-0.15, -0.1) is 0 Å². The van der Waals surface area contributed by atoms with E-state index in [0.29, 0.717) is 0 Å². The summed E-state index contributed by atoms with van der Waals surface area (Å²) in [7, 11) is -1.97. The van der Waals surface area contributed by atoms with Gasteiger partial charge in [-0.3, -0.25) is 4.98 Å². The summed E-state index contributed by atoms with van der Waals surface area (Å²) in [5.41, 5.74) is 12.4. The Morgan fingerprint density at radius 2 is 1.33 bits per heavy atom. The molecule has 3 heterocycles. The Kier molecular flexibility index (Phi) is 3.98. The molecule has 0 fully saturated rings. The van der Waals surface area contributed by atoms with Crippen LogP contribution in [0.15, 0.2) is 109 Å². The second-order valence-corrected chi connectivity index (χ2v) is 15.7. The first kappa shape index (κ1) is 21.3. The maximum Gasteiger partial charge on any atom is 0.114 e. The van der Waals surface area contributed by atoms with Crippen molar-refractivity contribution in [2.24, 2.45) is 0 Å². The fourth-order valence-electron chi connectivity index (χ4n) is 7.23. The van der Waals surface area contributed by atoms with Crippen molar-refractivity contribution >= 4 is 51.0 Å². The van der Waals surface area contributed by atoms with E-state index < -0.39 is 8.07 Å². The van der Waals surface area contributed by atoms with Crippen molar-refractivity contribution < 1.29 is 0 Å². The van der Waals surface area contributed by atoms with Gasteiger partial charge in [-0.05, 0) is 72.7 Å². The number of fused-ring (bicyclic) bond motifs is 10. The van der Waals surface area contributed by atoms with E-state index in [2.05, 4.69) is 115 Å². The lowest BCUT2D eigenvalue weighted by Crippen LogP contribution is -2.49. The number of aromatic nitrogens is 2. The molecule has 9 rings (SSSR count). The number of pyridine rings is 2. The zero-order valence-electron chi connectivity index (χ0n) is 21.8. The Morgan fingerprint density at radius 3 is 2.21 bits per heavy atom. The van der Waals surface area contributed by atoms with Crippen LogP contribution in [0.25, 0.3) is 77.2 Å². The number of rotatable bonds is 1. The molecule has 5 aromatic carbocycles. The largest absolute Gasteiger partial charge is 0.254 e. The molecule has 1 aliphatic heterocycles. The van der Waals surface area contributed by atoms with Crippen LogP contribution in [0, 0.1) is 0 Å². The van der Waals surface area contributed by atoms with Gasteiger partial charge in [0.25, 0.3) is 0 Å². The molecular formula is C36H24N2Si. The lowest BCUT2D eigenvalue weighted by Gasteiger charge is -2.22. The van der Waals surface area contributed by atoms with Crippen LogP contribution >= 0.6 is 0 Å². The minimum absolute atomic E-state index is 0.963. The summed E-state index contributed by atoms with van der Waals surface area (Å²) in [6, 6.07) is 38.0. The van der Waals surface area contributed by atoms with E-state index in [-0.39, 0.29) is 0 Å². The Bertz CT molecular complexity index is 2210. The van der Waals surface area contributed by atoms with Gasteiger partial charge in [0.2, 0.25) is 0 Å². The fourth-order valence-corrected chi connectivity index (χ4v) is 10.7. The second-order valence-electron chi connectivity index (χ2n) is 11.4. The van der Waals surface area contributed by atoms with Crippen LogP contribution < -0.4 is 10.4 Å². The topological polar surface area (TPSA) is 25.8 Å². The highest BCUT2D eigenvalue weighted by Crippen LogP contribution is 2.49. The zero-order chi connectivity index (χ0) is 25.9. The Hall–Kier alpha value is -4.60. The van der Waals surface area contributed by atoms with E-state index in [9.17, 15) is 0 Å². The molecule has 0 spiro atoms. The third-order valence-electron chi connectivity index (χ3n) is 9.00. The fraction of sp³-hybridized carbons (Fsp3) is 0.0556. The molecule has 0 amide bonds. The van der Waals surface area contributed by atoms with Gasteiger partial charge >= 0.3 is 0 Å². The van der Waals surface area contributed by atoms with Crippen LogP contribution in [0.5, 0.6) is 0 Å². The zero-order valence-corrected chi connectivity index (χ0v) is 22.8. The first-order valence-electron chi connectivity index (χ1n) is 13.6. The number of benzene rings is 5. The summed E-state index contributed by atoms with van der Waals surface area (Å²) in [4.78, 5) is 9.82. The smallest absolute Gasteiger partial charge is 0.114 e. The lowest BCUT2D eigenvalue weighted by molar-refractivity contribution is 1.37. The van der Waals surface area contributed by atoms with Crippen LogP contribution in [0.1, 0.15) is 0 Å². The Labute approximate surface area is 227 Å². The highest BCUT2D eigenvalue weighted by Gasteiger charge is 2.40. The van der Waals surface area contributed by atoms with Crippen molar-refractivity contribution in [1.82, 2.24) is 9.97 Å². The quantitative estimate of drug-likeness (QED) is 0.164. The molecule has 3 heteroatoms. The SMILES string of the molecule is C[Si]1(C)c2cc(-c3ccc4ccc5cccnc5c4n3)ccc2-c2cc3c4c(cccc4c21)-c1ccccc1-3. The van der Waals surface area contributed by atoms with Gasteiger partial charge in [-0.2, -0.15) is 0 Å². The Morgan fingerprint density at radius 1 is 0.564 bits per heavy atom. The van der Waals surface area contributed by atoms with Gasteiger partial charge in [0.15, 0.2) is 0 Å². The molecule has 0 saturated carbocycles. The van der Waals surface area contributed by atoms with E-state index in [1.165, 1.54) is 54.9 Å². The standard InChI is InChI=1S/C36H24N2Si/c1-39(2)32-19-23(31-17-15-22-13-12-21-7-6-18-37-34(21)35(22)38-31)14-16-26(32)30-20-29-25-9-4-3-8-24(25)27-10-5-11-28(33(27)29)36(30)39/h3-20H,1-2H3. The minimum Gasteiger partial charge on any atom is -0.254 e. The molecule has 0 N–H and O–H groups in total. The molecule has 0 bridgehead atoms. The summed E-state index contributed by atoms with van der Waals surface area (Å²) in [5.74, 6) is 0. The van der Waals surface area contributed by atoms with Crippen LogP contribution in [0.4, 0.5) is 0 Å². The molecule has 2 nitrogen and oxygen atoms in total. The molecular weight excluding hydrogens is 488 g/mol. The number of nitrogens with zero attached hydrogens (tertiary/aromatic N) is 2. The third kappa shape index (κ3) is 2.70. The number of hydrogen-bond acceptors (Lipinski definition) is 2. The molecule has 2 aliphatic rings. The maximum atomic E-state index is 5.16. The molecule has 2 aromatic heterocycles. The predicted molar refractivity (Wildman–Crippen MR) is 167 cm³/mol. The molecule has 39 heavy (non-hydrogen) atoms. The highest BCUT2D eigenvalue weighted by molar-refractivity contribution is 7.05. The summed E-state index contributed by atoms with van der Waals surface area (Å²) < 4.78 is 0. The van der Waals surface area contributed by atoms with Gasteiger partial charge in [0.1, 0.15) is 8.07 Å². The van der Waals surface area contributed by atoms with Crippen molar-refractivity contribution in [3.63, 3.8) is 0 Å². The molecule has 0 unspecified atom stereocenters. The van der Waals surface area contributed by atoms with Gasteiger partial charge in [-0.25, -0.2) is 4.98 Å². The minimum atomic E-state index is -1.97. The monoisotopic (exact) mass is 512 g/mol. The van der Waals surface area contributed by atoms with Crippen LogP contribution in [0.3, 0.4) is 0 Å².